The lowest BCUT2D eigenvalue weighted by Crippen LogP contribution is -2.20. The van der Waals surface area contributed by atoms with Crippen LogP contribution in [0, 0.1) is 0 Å². The van der Waals surface area contributed by atoms with Gasteiger partial charge in [0.1, 0.15) is 0 Å². The number of hydrogen-bond donors (Lipinski definition) is 4. The molecular weight excluding hydrogens is 206 g/mol. The summed E-state index contributed by atoms with van der Waals surface area (Å²) < 4.78 is 0. The van der Waals surface area contributed by atoms with Gasteiger partial charge in [-0.2, -0.15) is 12.6 Å². The largest absolute Gasteiger partial charge is 0.405 e. The van der Waals surface area contributed by atoms with Crippen LogP contribution < -0.4 is 17.0 Å². The third-order valence-corrected chi connectivity index (χ3v) is 1.63. The van der Waals surface area contributed by atoms with E-state index in [4.69, 9.17) is 11.6 Å². The number of nitrogens with one attached hydrogen (secondary N) is 1. The number of thiol groups is 1. The summed E-state index contributed by atoms with van der Waals surface area (Å²) in [4.78, 5) is 0. The van der Waals surface area contributed by atoms with Crippen molar-refractivity contribution >= 4 is 12.6 Å². The Morgan fingerprint density at radius 2 is 1.87 bits per heavy atom. The molecule has 15 heavy (non-hydrogen) atoms. The SMILES string of the molecule is N/C=C\C=C\S.NNCc1ccccc1. The molecular formula is C11H17N3S. The second-order valence-electron chi connectivity index (χ2n) is 2.59. The zero-order valence-electron chi connectivity index (χ0n) is 8.51. The quantitative estimate of drug-likeness (QED) is 0.272. The molecule has 5 N–H and O–H groups in total. The summed E-state index contributed by atoms with van der Waals surface area (Å²) in [6.45, 7) is 0.737. The van der Waals surface area contributed by atoms with Gasteiger partial charge in [0, 0.05) is 6.54 Å². The second kappa shape index (κ2) is 10.8. The van der Waals surface area contributed by atoms with Crippen LogP contribution in [0.1, 0.15) is 5.56 Å². The van der Waals surface area contributed by atoms with Gasteiger partial charge >= 0.3 is 0 Å². The highest BCUT2D eigenvalue weighted by atomic mass is 32.1. The highest BCUT2D eigenvalue weighted by Crippen LogP contribution is 1.95. The van der Waals surface area contributed by atoms with Crippen LogP contribution >= 0.6 is 12.6 Å². The average molecular weight is 223 g/mol. The molecule has 0 aromatic heterocycles. The van der Waals surface area contributed by atoms with Crippen molar-refractivity contribution < 1.29 is 0 Å². The normalized spacial score (nSPS) is 10.3. The molecule has 0 saturated heterocycles. The van der Waals surface area contributed by atoms with Gasteiger partial charge in [-0.25, -0.2) is 0 Å². The third-order valence-electron chi connectivity index (χ3n) is 1.46. The minimum absolute atomic E-state index is 0.737. The lowest BCUT2D eigenvalue weighted by Gasteiger charge is -1.95. The molecule has 0 aliphatic carbocycles. The van der Waals surface area contributed by atoms with Crippen LogP contribution in [0.25, 0.3) is 0 Å². The number of allylic oxidation sites excluding steroid dienone is 2. The van der Waals surface area contributed by atoms with Crippen molar-refractivity contribution in [3.05, 3.63) is 59.7 Å². The molecule has 0 radical (unpaired) electrons. The molecule has 1 aromatic rings. The first-order chi connectivity index (χ1) is 7.35. The topological polar surface area (TPSA) is 64.1 Å². The Bertz CT molecular complexity index is 273. The van der Waals surface area contributed by atoms with E-state index in [1.165, 1.54) is 11.8 Å². The van der Waals surface area contributed by atoms with Crippen molar-refractivity contribution in [1.82, 2.24) is 5.43 Å². The van der Waals surface area contributed by atoms with Crippen molar-refractivity contribution in [3.63, 3.8) is 0 Å². The Labute approximate surface area is 96.2 Å². The monoisotopic (exact) mass is 223 g/mol. The van der Waals surface area contributed by atoms with Gasteiger partial charge in [0.05, 0.1) is 0 Å². The molecule has 0 atom stereocenters. The van der Waals surface area contributed by atoms with Crippen LogP contribution in [0.4, 0.5) is 0 Å². The van der Waals surface area contributed by atoms with Gasteiger partial charge in [-0.1, -0.05) is 36.4 Å². The van der Waals surface area contributed by atoms with Crippen molar-refractivity contribution in [1.29, 1.82) is 0 Å². The van der Waals surface area contributed by atoms with Crippen LogP contribution in [0.15, 0.2) is 54.1 Å². The zero-order valence-corrected chi connectivity index (χ0v) is 9.40. The molecule has 0 saturated carbocycles. The van der Waals surface area contributed by atoms with Crippen LogP contribution in [-0.4, -0.2) is 0 Å². The van der Waals surface area contributed by atoms with E-state index in [1.807, 2.05) is 30.3 Å². The highest BCUT2D eigenvalue weighted by Gasteiger charge is 1.83. The summed E-state index contributed by atoms with van der Waals surface area (Å²) >= 11 is 3.77. The Morgan fingerprint density at radius 3 is 2.27 bits per heavy atom. The first-order valence-electron chi connectivity index (χ1n) is 4.50. The zero-order chi connectivity index (χ0) is 11.4. The Morgan fingerprint density at radius 1 is 1.20 bits per heavy atom. The van der Waals surface area contributed by atoms with Gasteiger partial charge in [-0.3, -0.25) is 11.3 Å². The molecule has 0 spiro atoms. The van der Waals surface area contributed by atoms with Gasteiger partial charge in [-0.15, -0.1) is 0 Å². The number of rotatable bonds is 3. The number of hydrazine groups is 1. The van der Waals surface area contributed by atoms with Crippen LogP contribution in [0.3, 0.4) is 0 Å². The number of benzene rings is 1. The van der Waals surface area contributed by atoms with Gasteiger partial charge in [0.25, 0.3) is 0 Å². The summed E-state index contributed by atoms with van der Waals surface area (Å²) in [5.74, 6) is 5.11. The molecule has 0 aliphatic heterocycles. The van der Waals surface area contributed by atoms with Crippen LogP contribution in [0.5, 0.6) is 0 Å². The summed E-state index contributed by atoms with van der Waals surface area (Å²) in [5.41, 5.74) is 8.74. The van der Waals surface area contributed by atoms with Gasteiger partial charge in [0.2, 0.25) is 0 Å². The molecule has 1 rings (SSSR count). The minimum atomic E-state index is 0.737. The molecule has 0 amide bonds. The molecule has 0 bridgehead atoms. The average Bonchev–Trinajstić information content (AvgIpc) is 2.29. The summed E-state index contributed by atoms with van der Waals surface area (Å²) in [6, 6.07) is 10.0. The van der Waals surface area contributed by atoms with E-state index in [0.29, 0.717) is 0 Å². The van der Waals surface area contributed by atoms with Crippen molar-refractivity contribution in [2.24, 2.45) is 11.6 Å². The van der Waals surface area contributed by atoms with E-state index in [2.05, 4.69) is 18.1 Å². The molecule has 0 heterocycles. The van der Waals surface area contributed by atoms with Gasteiger partial charge in [-0.05, 0) is 23.2 Å². The fraction of sp³-hybridized carbons (Fsp3) is 0.0909. The lowest BCUT2D eigenvalue weighted by atomic mass is 10.2. The van der Waals surface area contributed by atoms with E-state index in [0.717, 1.165) is 6.54 Å². The van der Waals surface area contributed by atoms with Gasteiger partial charge in [0.15, 0.2) is 0 Å². The third kappa shape index (κ3) is 9.08. The van der Waals surface area contributed by atoms with E-state index < -0.39 is 0 Å². The molecule has 82 valence electrons. The Balaban J connectivity index is 0.000000288. The highest BCUT2D eigenvalue weighted by molar-refractivity contribution is 7.83. The van der Waals surface area contributed by atoms with E-state index in [1.54, 1.807) is 17.6 Å². The van der Waals surface area contributed by atoms with Crippen molar-refractivity contribution in [2.75, 3.05) is 0 Å². The minimum Gasteiger partial charge on any atom is -0.405 e. The first kappa shape index (κ1) is 13.8. The van der Waals surface area contributed by atoms with E-state index >= 15 is 0 Å². The fourth-order valence-electron chi connectivity index (χ4n) is 0.828. The van der Waals surface area contributed by atoms with Crippen molar-refractivity contribution in [3.8, 4) is 0 Å². The lowest BCUT2D eigenvalue weighted by molar-refractivity contribution is 0.741. The van der Waals surface area contributed by atoms with Gasteiger partial charge < -0.3 is 5.73 Å². The predicted molar refractivity (Wildman–Crippen MR) is 68.9 cm³/mol. The Kier molecular flexibility index (Phi) is 9.96. The van der Waals surface area contributed by atoms with E-state index in [-0.39, 0.29) is 0 Å². The van der Waals surface area contributed by atoms with Crippen LogP contribution in [-0.2, 0) is 6.54 Å². The summed E-state index contributed by atoms with van der Waals surface area (Å²) in [7, 11) is 0. The molecule has 1 aromatic carbocycles. The van der Waals surface area contributed by atoms with Crippen molar-refractivity contribution in [2.45, 2.75) is 6.54 Å². The maximum atomic E-state index is 5.11. The summed E-state index contributed by atoms with van der Waals surface area (Å²) in [5, 5.41) is 1.61. The van der Waals surface area contributed by atoms with Crippen LogP contribution in [0.2, 0.25) is 0 Å². The molecule has 0 unspecified atom stereocenters. The molecule has 0 aliphatic rings. The number of hydrogen-bond acceptors (Lipinski definition) is 4. The maximum absolute atomic E-state index is 5.11. The summed E-state index contributed by atoms with van der Waals surface area (Å²) in [6.07, 6.45) is 4.89. The molecule has 3 nitrogen and oxygen atoms in total. The molecule has 4 heteroatoms. The smallest absolute Gasteiger partial charge is 0.0348 e. The first-order valence-corrected chi connectivity index (χ1v) is 5.01. The Hall–Kier alpha value is -1.23. The molecule has 0 fully saturated rings. The maximum Gasteiger partial charge on any atom is 0.0348 e. The number of nitrogens with two attached hydrogens (primary N) is 2. The van der Waals surface area contributed by atoms with E-state index in [9.17, 15) is 0 Å². The predicted octanol–water partition coefficient (Wildman–Crippen LogP) is 1.55. The second-order valence-corrected chi connectivity index (χ2v) is 2.89. The fourth-order valence-corrected chi connectivity index (χ4v) is 0.927. The standard InChI is InChI=1S/C7H10N2.C4H7NS/c8-9-6-7-4-2-1-3-5-7;5-3-1-2-4-6/h1-5,9H,6,8H2;1-4,6H,5H2/b;3-1-,4-2+.